The first-order valence-corrected chi connectivity index (χ1v) is 6.13. The second-order valence-corrected chi connectivity index (χ2v) is 4.38. The topological polar surface area (TPSA) is 29.9 Å². The predicted molar refractivity (Wildman–Crippen MR) is 76.5 cm³/mol. The van der Waals surface area contributed by atoms with Gasteiger partial charge in [0.25, 0.3) is 0 Å². The molecular weight excluding hydrogens is 257 g/mol. The molecule has 1 unspecified atom stereocenters. The number of rotatable bonds is 4. The maximum absolute atomic E-state index is 4.52. The summed E-state index contributed by atoms with van der Waals surface area (Å²) in [6.07, 6.45) is 9.14. The van der Waals surface area contributed by atoms with E-state index in [9.17, 15) is 0 Å². The van der Waals surface area contributed by atoms with Gasteiger partial charge in [-0.05, 0) is 25.8 Å². The van der Waals surface area contributed by atoms with Crippen molar-refractivity contribution in [2.45, 2.75) is 45.1 Å². The van der Waals surface area contributed by atoms with E-state index in [2.05, 4.69) is 28.0 Å². The van der Waals surface area contributed by atoms with Crippen molar-refractivity contribution in [3.8, 4) is 0 Å². The third-order valence-electron chi connectivity index (χ3n) is 3.16. The second-order valence-electron chi connectivity index (χ2n) is 4.38. The van der Waals surface area contributed by atoms with E-state index in [1.807, 2.05) is 6.20 Å². The lowest BCUT2D eigenvalue weighted by molar-refractivity contribution is 0.429. The molecule has 1 aliphatic rings. The van der Waals surface area contributed by atoms with Gasteiger partial charge < -0.3 is 9.88 Å². The molecule has 100 valence electrons. The first kappa shape index (κ1) is 16.8. The highest BCUT2D eigenvalue weighted by molar-refractivity contribution is 5.85. The smallest absolute Gasteiger partial charge is 0.113 e. The van der Waals surface area contributed by atoms with Gasteiger partial charge in [-0.15, -0.1) is 24.8 Å². The Hall–Kier alpha value is -0.250. The number of hydrogen-bond acceptors (Lipinski definition) is 2. The van der Waals surface area contributed by atoms with Crippen molar-refractivity contribution in [1.29, 1.82) is 0 Å². The summed E-state index contributed by atoms with van der Waals surface area (Å²) in [5, 5.41) is 3.45. The molecule has 3 nitrogen and oxygen atoms in total. The number of aromatic nitrogens is 2. The Morgan fingerprint density at radius 1 is 1.47 bits per heavy atom. The molecule has 17 heavy (non-hydrogen) atoms. The molecule has 1 aromatic rings. The van der Waals surface area contributed by atoms with Crippen LogP contribution in [0.5, 0.6) is 0 Å². The van der Waals surface area contributed by atoms with E-state index >= 15 is 0 Å². The summed E-state index contributed by atoms with van der Waals surface area (Å²) >= 11 is 0. The van der Waals surface area contributed by atoms with E-state index in [1.165, 1.54) is 38.1 Å². The van der Waals surface area contributed by atoms with Gasteiger partial charge in [-0.2, -0.15) is 0 Å². The van der Waals surface area contributed by atoms with Crippen LogP contribution in [0.25, 0.3) is 0 Å². The molecule has 0 radical (unpaired) electrons. The normalized spacial score (nSPS) is 19.2. The van der Waals surface area contributed by atoms with Crippen LogP contribution in [-0.2, 0) is 6.54 Å². The van der Waals surface area contributed by atoms with E-state index in [1.54, 1.807) is 0 Å². The number of unbranched alkanes of at least 4 members (excludes halogenated alkanes) is 1. The molecule has 0 bridgehead atoms. The molecule has 1 aromatic heterocycles. The maximum atomic E-state index is 4.52. The Labute approximate surface area is 116 Å². The van der Waals surface area contributed by atoms with Crippen LogP contribution in [0.3, 0.4) is 0 Å². The molecule has 0 aliphatic carbocycles. The SMILES string of the molecule is CCCCn1ccnc1C1CCCNC1.Cl.Cl. The van der Waals surface area contributed by atoms with Crippen LogP contribution in [0.15, 0.2) is 12.4 Å². The molecular formula is C12H23Cl2N3. The predicted octanol–water partition coefficient (Wildman–Crippen LogP) is 2.99. The number of nitrogens with one attached hydrogen (secondary N) is 1. The molecule has 1 fully saturated rings. The fraction of sp³-hybridized carbons (Fsp3) is 0.750. The highest BCUT2D eigenvalue weighted by atomic mass is 35.5. The van der Waals surface area contributed by atoms with E-state index in [-0.39, 0.29) is 24.8 Å². The summed E-state index contributed by atoms with van der Waals surface area (Å²) < 4.78 is 2.33. The zero-order chi connectivity index (χ0) is 10.5. The van der Waals surface area contributed by atoms with Crippen LogP contribution in [-0.4, -0.2) is 22.6 Å². The summed E-state index contributed by atoms with van der Waals surface area (Å²) in [4.78, 5) is 4.52. The molecule has 1 aliphatic heterocycles. The maximum Gasteiger partial charge on any atom is 0.113 e. The van der Waals surface area contributed by atoms with Crippen molar-refractivity contribution in [1.82, 2.24) is 14.9 Å². The van der Waals surface area contributed by atoms with E-state index in [0.29, 0.717) is 5.92 Å². The standard InChI is InChI=1S/C12H21N3.2ClH/c1-2-3-8-15-9-7-14-12(15)11-5-4-6-13-10-11;;/h7,9,11,13H,2-6,8,10H2,1H3;2*1H. The van der Waals surface area contributed by atoms with Crippen LogP contribution in [0, 0.1) is 0 Å². The summed E-state index contributed by atoms with van der Waals surface area (Å²) in [6.45, 7) is 5.64. The molecule has 1 saturated heterocycles. The minimum absolute atomic E-state index is 0. The summed E-state index contributed by atoms with van der Waals surface area (Å²) in [7, 11) is 0. The van der Waals surface area contributed by atoms with E-state index < -0.39 is 0 Å². The Morgan fingerprint density at radius 3 is 2.94 bits per heavy atom. The minimum atomic E-state index is 0. The number of aryl methyl sites for hydroxylation is 1. The Morgan fingerprint density at radius 2 is 2.29 bits per heavy atom. The monoisotopic (exact) mass is 279 g/mol. The van der Waals surface area contributed by atoms with Crippen molar-refractivity contribution in [2.75, 3.05) is 13.1 Å². The van der Waals surface area contributed by atoms with Crippen LogP contribution in [0.4, 0.5) is 0 Å². The van der Waals surface area contributed by atoms with Gasteiger partial charge in [0.2, 0.25) is 0 Å². The number of nitrogens with zero attached hydrogens (tertiary/aromatic N) is 2. The second kappa shape index (κ2) is 8.78. The van der Waals surface area contributed by atoms with Crippen molar-refractivity contribution >= 4 is 24.8 Å². The lowest BCUT2D eigenvalue weighted by atomic mass is 9.99. The van der Waals surface area contributed by atoms with Gasteiger partial charge in [0.05, 0.1) is 0 Å². The van der Waals surface area contributed by atoms with Gasteiger partial charge in [0.15, 0.2) is 0 Å². The quantitative estimate of drug-likeness (QED) is 0.919. The summed E-state index contributed by atoms with van der Waals surface area (Å²) in [5.74, 6) is 1.92. The van der Waals surface area contributed by atoms with Gasteiger partial charge >= 0.3 is 0 Å². The van der Waals surface area contributed by atoms with Gasteiger partial charge in [0, 0.05) is 31.4 Å². The van der Waals surface area contributed by atoms with Crippen molar-refractivity contribution < 1.29 is 0 Å². The third kappa shape index (κ3) is 4.49. The summed E-state index contributed by atoms with van der Waals surface area (Å²) in [5.41, 5.74) is 0. The Balaban J connectivity index is 0.00000128. The highest BCUT2D eigenvalue weighted by Gasteiger charge is 2.19. The van der Waals surface area contributed by atoms with E-state index in [4.69, 9.17) is 0 Å². The van der Waals surface area contributed by atoms with Crippen molar-refractivity contribution in [2.24, 2.45) is 0 Å². The summed E-state index contributed by atoms with van der Waals surface area (Å²) in [6, 6.07) is 0. The fourth-order valence-corrected chi connectivity index (χ4v) is 2.27. The van der Waals surface area contributed by atoms with Gasteiger partial charge in [-0.1, -0.05) is 13.3 Å². The van der Waals surface area contributed by atoms with Crippen LogP contribution in [0.2, 0.25) is 0 Å². The number of imidazole rings is 1. The third-order valence-corrected chi connectivity index (χ3v) is 3.16. The molecule has 0 amide bonds. The van der Waals surface area contributed by atoms with Crippen molar-refractivity contribution in [3.05, 3.63) is 18.2 Å². The van der Waals surface area contributed by atoms with Crippen LogP contribution >= 0.6 is 24.8 Å². The van der Waals surface area contributed by atoms with Gasteiger partial charge in [0.1, 0.15) is 5.82 Å². The molecule has 0 saturated carbocycles. The number of halogens is 2. The van der Waals surface area contributed by atoms with Crippen LogP contribution < -0.4 is 5.32 Å². The lowest BCUT2D eigenvalue weighted by Gasteiger charge is -2.23. The molecule has 0 spiro atoms. The minimum Gasteiger partial charge on any atom is -0.335 e. The largest absolute Gasteiger partial charge is 0.335 e. The highest BCUT2D eigenvalue weighted by Crippen LogP contribution is 2.21. The van der Waals surface area contributed by atoms with E-state index in [0.717, 1.165) is 13.1 Å². The number of piperidine rings is 1. The molecule has 5 heteroatoms. The first-order chi connectivity index (χ1) is 7.42. The van der Waals surface area contributed by atoms with Crippen molar-refractivity contribution in [3.63, 3.8) is 0 Å². The first-order valence-electron chi connectivity index (χ1n) is 6.13. The van der Waals surface area contributed by atoms with Gasteiger partial charge in [-0.3, -0.25) is 0 Å². The molecule has 2 heterocycles. The molecule has 1 atom stereocenters. The average molecular weight is 280 g/mol. The Kier molecular flexibility index (Phi) is 8.66. The zero-order valence-corrected chi connectivity index (χ0v) is 12.0. The average Bonchev–Trinajstić information content (AvgIpc) is 2.75. The molecule has 1 N–H and O–H groups in total. The molecule has 2 rings (SSSR count). The van der Waals surface area contributed by atoms with Gasteiger partial charge in [-0.25, -0.2) is 4.98 Å². The van der Waals surface area contributed by atoms with Crippen LogP contribution in [0.1, 0.15) is 44.3 Å². The Bertz CT molecular complexity index is 296. The zero-order valence-electron chi connectivity index (χ0n) is 10.4. The number of hydrogen-bond donors (Lipinski definition) is 1. The fourth-order valence-electron chi connectivity index (χ4n) is 2.27. The lowest BCUT2D eigenvalue weighted by Crippen LogP contribution is -2.30. The molecule has 0 aromatic carbocycles.